The fraction of sp³-hybridized carbons (Fsp3) is 0.476. The molecule has 2 amide bonds. The molecule has 0 radical (unpaired) electrons. The summed E-state index contributed by atoms with van der Waals surface area (Å²) in [6.45, 7) is 0. The number of carbonyl (C=O) groups is 2. The lowest BCUT2D eigenvalue weighted by atomic mass is 10.0. The summed E-state index contributed by atoms with van der Waals surface area (Å²) in [4.78, 5) is 33.4. The Labute approximate surface area is 163 Å². The van der Waals surface area contributed by atoms with Gasteiger partial charge in [-0.25, -0.2) is 0 Å². The number of pyridine rings is 1. The fourth-order valence-corrected chi connectivity index (χ4v) is 4.59. The summed E-state index contributed by atoms with van der Waals surface area (Å²) < 4.78 is 0. The van der Waals surface area contributed by atoms with Gasteiger partial charge in [0.15, 0.2) is 0 Å². The number of amides is 2. The number of nitrogens with one attached hydrogen (secondary N) is 1. The van der Waals surface area contributed by atoms with Gasteiger partial charge in [0, 0.05) is 29.4 Å². The molecule has 0 saturated heterocycles. The molecule has 1 N–H and O–H groups in total. The predicted molar refractivity (Wildman–Crippen MR) is 105 cm³/mol. The lowest BCUT2D eigenvalue weighted by Crippen LogP contribution is -2.47. The normalized spacial score (nSPS) is 18.2. The quantitative estimate of drug-likeness (QED) is 0.796. The molecule has 2 aromatic rings. The molecule has 6 heteroatoms. The third kappa shape index (κ3) is 4.38. The summed E-state index contributed by atoms with van der Waals surface area (Å²) in [5, 5.41) is 5.19. The maximum absolute atomic E-state index is 13.3. The Kier molecular flexibility index (Phi) is 5.53. The maximum atomic E-state index is 13.3. The van der Waals surface area contributed by atoms with Crippen molar-refractivity contribution in [3.63, 3.8) is 0 Å². The monoisotopic (exact) mass is 383 g/mol. The highest BCUT2D eigenvalue weighted by molar-refractivity contribution is 7.10. The zero-order chi connectivity index (χ0) is 18.6. The van der Waals surface area contributed by atoms with Crippen LogP contribution in [0.4, 0.5) is 0 Å². The fourth-order valence-electron chi connectivity index (χ4n) is 3.90. The Morgan fingerprint density at radius 1 is 1.15 bits per heavy atom. The molecule has 0 bridgehead atoms. The summed E-state index contributed by atoms with van der Waals surface area (Å²) in [5.41, 5.74) is 0.840. The van der Waals surface area contributed by atoms with Gasteiger partial charge in [-0.15, -0.1) is 11.3 Å². The van der Waals surface area contributed by atoms with Gasteiger partial charge in [-0.05, 0) is 54.8 Å². The SMILES string of the molecule is O=C(NC1CCCC1)C(c1ccncc1)N(C(=O)Cc1cccs1)C1CC1. The van der Waals surface area contributed by atoms with E-state index in [1.807, 2.05) is 34.5 Å². The van der Waals surface area contributed by atoms with E-state index in [1.54, 1.807) is 23.7 Å². The van der Waals surface area contributed by atoms with Crippen LogP contribution < -0.4 is 5.32 Å². The summed E-state index contributed by atoms with van der Waals surface area (Å²) >= 11 is 1.58. The van der Waals surface area contributed by atoms with E-state index in [-0.39, 0.29) is 23.9 Å². The first kappa shape index (κ1) is 18.2. The lowest BCUT2D eigenvalue weighted by molar-refractivity contribution is -0.141. The topological polar surface area (TPSA) is 62.3 Å². The van der Waals surface area contributed by atoms with Gasteiger partial charge in [-0.2, -0.15) is 0 Å². The highest BCUT2D eigenvalue weighted by Crippen LogP contribution is 2.36. The van der Waals surface area contributed by atoms with Crippen LogP contribution in [0.1, 0.15) is 55.0 Å². The van der Waals surface area contributed by atoms with Crippen molar-refractivity contribution < 1.29 is 9.59 Å². The largest absolute Gasteiger partial charge is 0.351 e. The Morgan fingerprint density at radius 2 is 1.89 bits per heavy atom. The molecule has 5 nitrogen and oxygen atoms in total. The van der Waals surface area contributed by atoms with Crippen LogP contribution in [-0.2, 0) is 16.0 Å². The van der Waals surface area contributed by atoms with Gasteiger partial charge < -0.3 is 10.2 Å². The Bertz CT molecular complexity index is 768. The van der Waals surface area contributed by atoms with Crippen LogP contribution in [0.25, 0.3) is 0 Å². The first-order chi connectivity index (χ1) is 13.2. The smallest absolute Gasteiger partial charge is 0.247 e. The minimum atomic E-state index is -0.575. The Balaban J connectivity index is 1.60. The number of hydrogen-bond acceptors (Lipinski definition) is 4. The zero-order valence-electron chi connectivity index (χ0n) is 15.3. The first-order valence-corrected chi connectivity index (χ1v) is 10.6. The van der Waals surface area contributed by atoms with Crippen molar-refractivity contribution >= 4 is 23.2 Å². The highest BCUT2D eigenvalue weighted by Gasteiger charge is 2.41. The van der Waals surface area contributed by atoms with Gasteiger partial charge in [0.25, 0.3) is 0 Å². The van der Waals surface area contributed by atoms with Gasteiger partial charge in [-0.3, -0.25) is 14.6 Å². The molecule has 1 atom stereocenters. The van der Waals surface area contributed by atoms with E-state index in [9.17, 15) is 9.59 Å². The van der Waals surface area contributed by atoms with E-state index in [4.69, 9.17) is 0 Å². The summed E-state index contributed by atoms with van der Waals surface area (Å²) in [6, 6.07) is 7.46. The number of aromatic nitrogens is 1. The molecular formula is C21H25N3O2S. The van der Waals surface area contributed by atoms with Crippen molar-refractivity contribution in [1.82, 2.24) is 15.2 Å². The van der Waals surface area contributed by atoms with E-state index in [1.165, 1.54) is 0 Å². The van der Waals surface area contributed by atoms with Gasteiger partial charge in [0.1, 0.15) is 6.04 Å². The molecule has 2 fully saturated rings. The molecule has 142 valence electrons. The van der Waals surface area contributed by atoms with Gasteiger partial charge >= 0.3 is 0 Å². The van der Waals surface area contributed by atoms with Crippen LogP contribution in [-0.4, -0.2) is 33.8 Å². The number of nitrogens with zero attached hydrogens (tertiary/aromatic N) is 2. The van der Waals surface area contributed by atoms with Crippen molar-refractivity contribution in [2.45, 2.75) is 63.1 Å². The van der Waals surface area contributed by atoms with Crippen LogP contribution in [0, 0.1) is 0 Å². The van der Waals surface area contributed by atoms with E-state index >= 15 is 0 Å². The second kappa shape index (κ2) is 8.21. The van der Waals surface area contributed by atoms with E-state index in [0.717, 1.165) is 49.0 Å². The van der Waals surface area contributed by atoms with E-state index < -0.39 is 6.04 Å². The zero-order valence-corrected chi connectivity index (χ0v) is 16.2. The van der Waals surface area contributed by atoms with Crippen LogP contribution in [0.5, 0.6) is 0 Å². The second-order valence-corrected chi connectivity index (χ2v) is 8.49. The number of rotatable bonds is 7. The molecule has 0 aliphatic heterocycles. The molecule has 0 spiro atoms. The summed E-state index contributed by atoms with van der Waals surface area (Å²) in [7, 11) is 0. The minimum absolute atomic E-state index is 0.0309. The van der Waals surface area contributed by atoms with Crippen molar-refractivity contribution in [3.05, 3.63) is 52.5 Å². The average molecular weight is 384 g/mol. The molecule has 2 aliphatic rings. The van der Waals surface area contributed by atoms with E-state index in [2.05, 4.69) is 10.3 Å². The first-order valence-electron chi connectivity index (χ1n) is 9.76. The average Bonchev–Trinajstić information content (AvgIpc) is 3.13. The minimum Gasteiger partial charge on any atom is -0.351 e. The third-order valence-electron chi connectivity index (χ3n) is 5.38. The summed E-state index contributed by atoms with van der Waals surface area (Å²) in [6.07, 6.45) is 10.1. The molecule has 27 heavy (non-hydrogen) atoms. The molecular weight excluding hydrogens is 358 g/mol. The highest BCUT2D eigenvalue weighted by atomic mass is 32.1. The van der Waals surface area contributed by atoms with Crippen LogP contribution >= 0.6 is 11.3 Å². The van der Waals surface area contributed by atoms with Crippen molar-refractivity contribution in [3.8, 4) is 0 Å². The molecule has 4 rings (SSSR count). The van der Waals surface area contributed by atoms with E-state index in [0.29, 0.717) is 6.42 Å². The van der Waals surface area contributed by atoms with Crippen molar-refractivity contribution in [1.29, 1.82) is 0 Å². The van der Waals surface area contributed by atoms with Gasteiger partial charge in [0.05, 0.1) is 6.42 Å². The summed E-state index contributed by atoms with van der Waals surface area (Å²) in [5.74, 6) is -0.0251. The van der Waals surface area contributed by atoms with Gasteiger partial charge in [-0.1, -0.05) is 18.9 Å². The molecule has 2 aliphatic carbocycles. The third-order valence-corrected chi connectivity index (χ3v) is 6.26. The van der Waals surface area contributed by atoms with Crippen LogP contribution in [0.2, 0.25) is 0 Å². The van der Waals surface area contributed by atoms with Gasteiger partial charge in [0.2, 0.25) is 11.8 Å². The molecule has 2 saturated carbocycles. The Morgan fingerprint density at radius 3 is 2.52 bits per heavy atom. The molecule has 2 aromatic heterocycles. The molecule has 0 aromatic carbocycles. The maximum Gasteiger partial charge on any atom is 0.247 e. The van der Waals surface area contributed by atoms with Crippen LogP contribution in [0.3, 0.4) is 0 Å². The number of hydrogen-bond donors (Lipinski definition) is 1. The number of carbonyl (C=O) groups excluding carboxylic acids is 2. The molecule has 2 heterocycles. The standard InChI is InChI=1S/C21H25N3O2S/c25-19(14-18-6-3-13-27-18)24(17-7-8-17)20(15-9-11-22-12-10-15)21(26)23-16-4-1-2-5-16/h3,6,9-13,16-17,20H,1-2,4-5,7-8,14H2,(H,23,26). The van der Waals surface area contributed by atoms with Crippen molar-refractivity contribution in [2.75, 3.05) is 0 Å². The Hall–Kier alpha value is -2.21. The van der Waals surface area contributed by atoms with Crippen molar-refractivity contribution in [2.24, 2.45) is 0 Å². The lowest BCUT2D eigenvalue weighted by Gasteiger charge is -2.32. The molecule has 1 unspecified atom stereocenters. The number of thiophene rings is 1. The van der Waals surface area contributed by atoms with Crippen LogP contribution in [0.15, 0.2) is 42.0 Å². The predicted octanol–water partition coefficient (Wildman–Crippen LogP) is 3.48. The second-order valence-electron chi connectivity index (χ2n) is 7.46.